The van der Waals surface area contributed by atoms with Crippen LogP contribution in [0.4, 0.5) is 4.39 Å². The molecule has 3 N–H and O–H groups in total. The Hall–Kier alpha value is -0.880. The Kier molecular flexibility index (Phi) is 3.83. The Bertz CT molecular complexity index is 518. The van der Waals surface area contributed by atoms with Crippen molar-refractivity contribution in [1.29, 1.82) is 0 Å². The predicted molar refractivity (Wildman–Crippen MR) is 67.0 cm³/mol. The summed E-state index contributed by atoms with van der Waals surface area (Å²) in [5.41, 5.74) is 2.83. The molecule has 0 amide bonds. The molecule has 0 bridgehead atoms. The van der Waals surface area contributed by atoms with E-state index in [9.17, 15) is 4.39 Å². The molecule has 0 saturated carbocycles. The Labute approximate surface area is 111 Å². The van der Waals surface area contributed by atoms with Crippen LogP contribution in [0.5, 0.6) is 0 Å². The summed E-state index contributed by atoms with van der Waals surface area (Å²) in [5, 5.41) is 0.0225. The fourth-order valence-corrected chi connectivity index (χ4v) is 2.02. The first kappa shape index (κ1) is 12.6. The van der Waals surface area contributed by atoms with Crippen LogP contribution in [0.15, 0.2) is 39.4 Å². The van der Waals surface area contributed by atoms with Gasteiger partial charge >= 0.3 is 0 Å². The molecule has 0 radical (unpaired) electrons. The Balaban J connectivity index is 2.49. The molecule has 0 aliphatic rings. The maximum atomic E-state index is 14.0. The molecule has 90 valence electrons. The number of nitrogens with two attached hydrogens (primary N) is 1. The third-order valence-corrected chi connectivity index (χ3v) is 3.63. The molecule has 0 aliphatic heterocycles. The molecule has 0 fully saturated rings. The van der Waals surface area contributed by atoms with Crippen molar-refractivity contribution in [3.63, 3.8) is 0 Å². The fourth-order valence-electron chi connectivity index (χ4n) is 1.54. The van der Waals surface area contributed by atoms with Crippen LogP contribution in [0.1, 0.15) is 17.4 Å². The summed E-state index contributed by atoms with van der Waals surface area (Å²) in [4.78, 5) is 0. The van der Waals surface area contributed by atoms with Crippen molar-refractivity contribution >= 4 is 27.5 Å². The number of benzene rings is 1. The molecule has 1 atom stereocenters. The molecule has 6 heteroatoms. The van der Waals surface area contributed by atoms with E-state index < -0.39 is 11.9 Å². The fraction of sp³-hybridized carbons (Fsp3) is 0.0909. The molecule has 3 nitrogen and oxygen atoms in total. The number of hydrogen-bond acceptors (Lipinski definition) is 3. The van der Waals surface area contributed by atoms with Gasteiger partial charge in [-0.3, -0.25) is 5.84 Å². The van der Waals surface area contributed by atoms with Crippen molar-refractivity contribution in [2.75, 3.05) is 0 Å². The SMILES string of the molecule is NNC(c1ccco1)c1ccc(Br)c(Cl)c1F. The van der Waals surface area contributed by atoms with Crippen LogP contribution in [-0.4, -0.2) is 0 Å². The van der Waals surface area contributed by atoms with E-state index in [-0.39, 0.29) is 5.02 Å². The van der Waals surface area contributed by atoms with Crippen molar-refractivity contribution < 1.29 is 8.81 Å². The summed E-state index contributed by atoms with van der Waals surface area (Å²) in [7, 11) is 0. The third kappa shape index (κ3) is 2.37. The van der Waals surface area contributed by atoms with Crippen molar-refractivity contribution in [2.24, 2.45) is 5.84 Å². The summed E-state index contributed by atoms with van der Waals surface area (Å²) in [6.07, 6.45) is 1.50. The highest BCUT2D eigenvalue weighted by Gasteiger charge is 2.21. The second-order valence-corrected chi connectivity index (χ2v) is 4.61. The summed E-state index contributed by atoms with van der Waals surface area (Å²) < 4.78 is 19.7. The lowest BCUT2D eigenvalue weighted by Gasteiger charge is -2.15. The number of furan rings is 1. The van der Waals surface area contributed by atoms with Gasteiger partial charge in [-0.15, -0.1) is 0 Å². The van der Waals surface area contributed by atoms with Gasteiger partial charge in [0.1, 0.15) is 17.6 Å². The summed E-state index contributed by atoms with van der Waals surface area (Å²) in [6, 6.07) is 6.10. The van der Waals surface area contributed by atoms with E-state index in [1.807, 2.05) is 0 Å². The molecule has 0 spiro atoms. The number of nitrogens with one attached hydrogen (secondary N) is 1. The summed E-state index contributed by atoms with van der Waals surface area (Å²) >= 11 is 8.98. The Morgan fingerprint density at radius 1 is 1.41 bits per heavy atom. The van der Waals surface area contributed by atoms with E-state index in [1.165, 1.54) is 6.26 Å². The standard InChI is InChI=1S/C11H9BrClFN2O/c12-7-4-3-6(10(14)9(7)13)11(16-15)8-2-1-5-17-8/h1-5,11,16H,15H2. The lowest BCUT2D eigenvalue weighted by Crippen LogP contribution is -2.29. The van der Waals surface area contributed by atoms with Gasteiger partial charge in [-0.25, -0.2) is 9.82 Å². The highest BCUT2D eigenvalue weighted by atomic mass is 79.9. The van der Waals surface area contributed by atoms with Crippen molar-refractivity contribution in [3.8, 4) is 0 Å². The van der Waals surface area contributed by atoms with E-state index in [4.69, 9.17) is 21.9 Å². The zero-order valence-electron chi connectivity index (χ0n) is 8.58. The Morgan fingerprint density at radius 3 is 2.76 bits per heavy atom. The van der Waals surface area contributed by atoms with E-state index in [0.717, 1.165) is 0 Å². The van der Waals surface area contributed by atoms with E-state index in [1.54, 1.807) is 24.3 Å². The average molecular weight is 320 g/mol. The molecular formula is C11H9BrClFN2O. The lowest BCUT2D eigenvalue weighted by atomic mass is 10.0. The van der Waals surface area contributed by atoms with Crippen LogP contribution in [0.25, 0.3) is 0 Å². The van der Waals surface area contributed by atoms with Crippen LogP contribution >= 0.6 is 27.5 Å². The minimum Gasteiger partial charge on any atom is -0.467 e. The topological polar surface area (TPSA) is 51.2 Å². The zero-order valence-corrected chi connectivity index (χ0v) is 10.9. The minimum atomic E-state index is -0.574. The smallest absolute Gasteiger partial charge is 0.148 e. The van der Waals surface area contributed by atoms with Crippen LogP contribution in [0, 0.1) is 5.82 Å². The maximum absolute atomic E-state index is 14.0. The highest BCUT2D eigenvalue weighted by Crippen LogP contribution is 2.32. The first-order valence-corrected chi connectivity index (χ1v) is 5.95. The molecule has 2 rings (SSSR count). The normalized spacial score (nSPS) is 12.7. The van der Waals surface area contributed by atoms with Crippen LogP contribution in [-0.2, 0) is 0 Å². The van der Waals surface area contributed by atoms with Crippen LogP contribution in [0.2, 0.25) is 5.02 Å². The number of hydrogen-bond donors (Lipinski definition) is 2. The second-order valence-electron chi connectivity index (χ2n) is 3.38. The van der Waals surface area contributed by atoms with E-state index in [2.05, 4.69) is 21.4 Å². The minimum absolute atomic E-state index is 0.0225. The molecule has 17 heavy (non-hydrogen) atoms. The molecule has 1 unspecified atom stereocenters. The van der Waals surface area contributed by atoms with Crippen molar-refractivity contribution in [3.05, 3.63) is 57.2 Å². The van der Waals surface area contributed by atoms with Gasteiger partial charge < -0.3 is 4.42 Å². The number of halogens is 3. The van der Waals surface area contributed by atoms with Crippen molar-refractivity contribution in [2.45, 2.75) is 6.04 Å². The third-order valence-electron chi connectivity index (χ3n) is 2.37. The van der Waals surface area contributed by atoms with E-state index >= 15 is 0 Å². The molecule has 1 aromatic carbocycles. The van der Waals surface area contributed by atoms with E-state index in [0.29, 0.717) is 15.8 Å². The lowest BCUT2D eigenvalue weighted by molar-refractivity contribution is 0.441. The Morgan fingerprint density at radius 2 is 2.18 bits per heavy atom. The molecule has 1 heterocycles. The molecular weight excluding hydrogens is 310 g/mol. The van der Waals surface area contributed by atoms with Gasteiger partial charge in [0, 0.05) is 10.0 Å². The monoisotopic (exact) mass is 318 g/mol. The average Bonchev–Trinajstić information content (AvgIpc) is 2.84. The summed E-state index contributed by atoms with van der Waals surface area (Å²) in [6.45, 7) is 0. The molecule has 1 aromatic heterocycles. The van der Waals surface area contributed by atoms with Gasteiger partial charge in [0.15, 0.2) is 0 Å². The van der Waals surface area contributed by atoms with Gasteiger partial charge in [-0.1, -0.05) is 17.7 Å². The van der Waals surface area contributed by atoms with Crippen LogP contribution < -0.4 is 11.3 Å². The quantitative estimate of drug-likeness (QED) is 0.518. The number of rotatable bonds is 3. The maximum Gasteiger partial charge on any atom is 0.148 e. The van der Waals surface area contributed by atoms with Gasteiger partial charge in [0.25, 0.3) is 0 Å². The highest BCUT2D eigenvalue weighted by molar-refractivity contribution is 9.10. The first-order valence-electron chi connectivity index (χ1n) is 4.78. The predicted octanol–water partition coefficient (Wildman–Crippen LogP) is 3.39. The first-order chi connectivity index (χ1) is 8.15. The van der Waals surface area contributed by atoms with Gasteiger partial charge in [-0.2, -0.15) is 0 Å². The molecule has 2 aromatic rings. The van der Waals surface area contributed by atoms with Gasteiger partial charge in [0.05, 0.1) is 11.3 Å². The molecule has 0 aliphatic carbocycles. The second kappa shape index (κ2) is 5.18. The summed E-state index contributed by atoms with van der Waals surface area (Å²) in [5.74, 6) is 5.41. The largest absolute Gasteiger partial charge is 0.467 e. The number of hydrazine groups is 1. The zero-order chi connectivity index (χ0) is 12.4. The van der Waals surface area contributed by atoms with Crippen molar-refractivity contribution in [1.82, 2.24) is 5.43 Å². The van der Waals surface area contributed by atoms with Gasteiger partial charge in [-0.05, 0) is 34.1 Å². The van der Waals surface area contributed by atoms with Crippen LogP contribution in [0.3, 0.4) is 0 Å². The molecule has 0 saturated heterocycles. The van der Waals surface area contributed by atoms with Gasteiger partial charge in [0.2, 0.25) is 0 Å².